The van der Waals surface area contributed by atoms with Crippen molar-refractivity contribution in [1.29, 1.82) is 0 Å². The third-order valence-corrected chi connectivity index (χ3v) is 3.25. The molecule has 3 nitrogen and oxygen atoms in total. The van der Waals surface area contributed by atoms with E-state index in [0.717, 1.165) is 37.6 Å². The Kier molecular flexibility index (Phi) is 5.69. The van der Waals surface area contributed by atoms with Crippen molar-refractivity contribution in [2.75, 3.05) is 6.54 Å². The zero-order valence-electron chi connectivity index (χ0n) is 10.6. The number of hydrogen-bond acceptors (Lipinski definition) is 2. The molecule has 1 aliphatic rings. The van der Waals surface area contributed by atoms with Crippen LogP contribution in [0.25, 0.3) is 0 Å². The number of rotatable bonds is 2. The molecular weight excluding hydrogens is 274 g/mol. The quantitative estimate of drug-likeness (QED) is 0.877. The van der Waals surface area contributed by atoms with E-state index in [9.17, 15) is 13.6 Å². The molecule has 1 aliphatic heterocycles. The highest BCUT2D eigenvalue weighted by Gasteiger charge is 2.24. The fourth-order valence-electron chi connectivity index (χ4n) is 2.16. The SMILES string of the molecule is CC1NCCCC1NC(=O)c1cc(F)ccc1F.Cl. The Morgan fingerprint density at radius 2 is 2.16 bits per heavy atom. The molecule has 6 heteroatoms. The van der Waals surface area contributed by atoms with E-state index in [0.29, 0.717) is 0 Å². The summed E-state index contributed by atoms with van der Waals surface area (Å²) in [5.74, 6) is -1.88. The number of carbonyl (C=O) groups excluding carboxylic acids is 1. The molecule has 106 valence electrons. The Balaban J connectivity index is 0.00000180. The second-order valence-electron chi connectivity index (χ2n) is 4.59. The van der Waals surface area contributed by atoms with E-state index >= 15 is 0 Å². The lowest BCUT2D eigenvalue weighted by Crippen LogP contribution is -2.52. The maximum absolute atomic E-state index is 13.4. The summed E-state index contributed by atoms with van der Waals surface area (Å²) in [5.41, 5.74) is -0.243. The second-order valence-corrected chi connectivity index (χ2v) is 4.59. The molecule has 1 fully saturated rings. The third-order valence-electron chi connectivity index (χ3n) is 3.25. The monoisotopic (exact) mass is 290 g/mol. The number of benzene rings is 1. The topological polar surface area (TPSA) is 41.1 Å². The summed E-state index contributed by atoms with van der Waals surface area (Å²) in [7, 11) is 0. The first-order valence-electron chi connectivity index (χ1n) is 6.07. The zero-order chi connectivity index (χ0) is 13.1. The highest BCUT2D eigenvalue weighted by atomic mass is 35.5. The first kappa shape index (κ1) is 15.9. The van der Waals surface area contributed by atoms with E-state index in [-0.39, 0.29) is 30.1 Å². The molecule has 1 aromatic rings. The number of halogens is 3. The van der Waals surface area contributed by atoms with Crippen molar-refractivity contribution in [3.8, 4) is 0 Å². The van der Waals surface area contributed by atoms with Gasteiger partial charge in [0.1, 0.15) is 11.6 Å². The molecule has 2 rings (SSSR count). The molecule has 2 atom stereocenters. The lowest BCUT2D eigenvalue weighted by Gasteiger charge is -2.30. The summed E-state index contributed by atoms with van der Waals surface area (Å²) >= 11 is 0. The van der Waals surface area contributed by atoms with E-state index in [1.165, 1.54) is 0 Å². The van der Waals surface area contributed by atoms with Crippen LogP contribution in [0.2, 0.25) is 0 Å². The minimum atomic E-state index is -0.703. The fourth-order valence-corrected chi connectivity index (χ4v) is 2.16. The van der Waals surface area contributed by atoms with Crippen molar-refractivity contribution in [3.05, 3.63) is 35.4 Å². The van der Waals surface area contributed by atoms with Gasteiger partial charge in [-0.05, 0) is 44.5 Å². The van der Waals surface area contributed by atoms with Crippen LogP contribution in [0, 0.1) is 11.6 Å². The first-order chi connectivity index (χ1) is 8.58. The average molecular weight is 291 g/mol. The van der Waals surface area contributed by atoms with Crippen molar-refractivity contribution in [2.24, 2.45) is 0 Å². The molecule has 0 bridgehead atoms. The van der Waals surface area contributed by atoms with Gasteiger partial charge in [0.05, 0.1) is 5.56 Å². The van der Waals surface area contributed by atoms with Crippen LogP contribution in [0.5, 0.6) is 0 Å². The molecule has 0 spiro atoms. The van der Waals surface area contributed by atoms with E-state index < -0.39 is 17.5 Å². The van der Waals surface area contributed by atoms with Gasteiger partial charge in [0.25, 0.3) is 5.91 Å². The van der Waals surface area contributed by atoms with Crippen LogP contribution in [-0.2, 0) is 0 Å². The Hall–Kier alpha value is -1.20. The molecular formula is C13H17ClF2N2O. The molecule has 0 radical (unpaired) electrons. The molecule has 1 heterocycles. The normalized spacial score (nSPS) is 22.5. The van der Waals surface area contributed by atoms with Gasteiger partial charge in [-0.25, -0.2) is 8.78 Å². The first-order valence-corrected chi connectivity index (χ1v) is 6.07. The largest absolute Gasteiger partial charge is 0.348 e. The standard InChI is InChI=1S/C13H16F2N2O.ClH/c1-8-12(3-2-6-16-8)17-13(18)10-7-9(14)4-5-11(10)15;/h4-5,7-8,12,16H,2-3,6H2,1H3,(H,17,18);1H. The zero-order valence-corrected chi connectivity index (χ0v) is 11.4. The predicted octanol–water partition coefficient (Wildman–Crippen LogP) is 2.26. The lowest BCUT2D eigenvalue weighted by molar-refractivity contribution is 0.0915. The van der Waals surface area contributed by atoms with Gasteiger partial charge in [0.2, 0.25) is 0 Å². The molecule has 19 heavy (non-hydrogen) atoms. The summed E-state index contributed by atoms with van der Waals surface area (Å²) in [5, 5.41) is 5.98. The molecule has 1 aromatic carbocycles. The van der Waals surface area contributed by atoms with Crippen LogP contribution in [0.3, 0.4) is 0 Å². The molecule has 2 unspecified atom stereocenters. The van der Waals surface area contributed by atoms with Gasteiger partial charge in [0.15, 0.2) is 0 Å². The maximum Gasteiger partial charge on any atom is 0.254 e. The summed E-state index contributed by atoms with van der Waals surface area (Å²) in [6, 6.07) is 2.98. The van der Waals surface area contributed by atoms with Crippen LogP contribution in [0.15, 0.2) is 18.2 Å². The lowest BCUT2D eigenvalue weighted by atomic mass is 9.99. The number of nitrogens with one attached hydrogen (secondary N) is 2. The summed E-state index contributed by atoms with van der Waals surface area (Å²) in [6.07, 6.45) is 1.80. The summed E-state index contributed by atoms with van der Waals surface area (Å²) in [4.78, 5) is 11.9. The van der Waals surface area contributed by atoms with E-state index in [1.807, 2.05) is 6.92 Å². The van der Waals surface area contributed by atoms with Crippen molar-refractivity contribution >= 4 is 18.3 Å². The minimum absolute atomic E-state index is 0. The van der Waals surface area contributed by atoms with E-state index in [1.54, 1.807) is 0 Å². The van der Waals surface area contributed by atoms with Crippen molar-refractivity contribution in [3.63, 3.8) is 0 Å². The van der Waals surface area contributed by atoms with E-state index in [2.05, 4.69) is 10.6 Å². The highest BCUT2D eigenvalue weighted by molar-refractivity contribution is 5.94. The van der Waals surface area contributed by atoms with Gasteiger partial charge in [-0.15, -0.1) is 12.4 Å². The van der Waals surface area contributed by atoms with Gasteiger partial charge in [0, 0.05) is 12.1 Å². The van der Waals surface area contributed by atoms with Gasteiger partial charge in [-0.2, -0.15) is 0 Å². The van der Waals surface area contributed by atoms with E-state index in [4.69, 9.17) is 0 Å². The molecule has 2 N–H and O–H groups in total. The smallest absolute Gasteiger partial charge is 0.254 e. The third kappa shape index (κ3) is 3.88. The van der Waals surface area contributed by atoms with Crippen LogP contribution in [0.1, 0.15) is 30.1 Å². The molecule has 0 aromatic heterocycles. The Morgan fingerprint density at radius 1 is 1.42 bits per heavy atom. The van der Waals surface area contributed by atoms with Gasteiger partial charge in [-0.3, -0.25) is 4.79 Å². The molecule has 1 amide bonds. The molecule has 0 aliphatic carbocycles. The average Bonchev–Trinajstić information content (AvgIpc) is 2.35. The molecule has 0 saturated carbocycles. The Morgan fingerprint density at radius 3 is 2.84 bits per heavy atom. The summed E-state index contributed by atoms with van der Waals surface area (Å²) < 4.78 is 26.4. The number of carbonyl (C=O) groups is 1. The Labute approximate surface area is 117 Å². The maximum atomic E-state index is 13.4. The van der Waals surface area contributed by atoms with Crippen LogP contribution >= 0.6 is 12.4 Å². The van der Waals surface area contributed by atoms with Crippen molar-refractivity contribution < 1.29 is 13.6 Å². The van der Waals surface area contributed by atoms with Crippen LogP contribution < -0.4 is 10.6 Å². The van der Waals surface area contributed by atoms with Gasteiger partial charge < -0.3 is 10.6 Å². The number of piperidine rings is 1. The number of hydrogen-bond donors (Lipinski definition) is 2. The van der Waals surface area contributed by atoms with Crippen LogP contribution in [0.4, 0.5) is 8.78 Å². The van der Waals surface area contributed by atoms with Gasteiger partial charge >= 0.3 is 0 Å². The predicted molar refractivity (Wildman–Crippen MR) is 71.6 cm³/mol. The Bertz CT molecular complexity index is 456. The highest BCUT2D eigenvalue weighted by Crippen LogP contribution is 2.12. The number of amides is 1. The van der Waals surface area contributed by atoms with Crippen LogP contribution in [-0.4, -0.2) is 24.5 Å². The second kappa shape index (κ2) is 6.82. The van der Waals surface area contributed by atoms with Gasteiger partial charge in [-0.1, -0.05) is 0 Å². The van der Waals surface area contributed by atoms with Crippen molar-refractivity contribution in [1.82, 2.24) is 10.6 Å². The van der Waals surface area contributed by atoms with Crippen molar-refractivity contribution in [2.45, 2.75) is 31.8 Å². The minimum Gasteiger partial charge on any atom is -0.348 e. The fraction of sp³-hybridized carbons (Fsp3) is 0.462. The summed E-state index contributed by atoms with van der Waals surface area (Å²) in [6.45, 7) is 2.88. The molecule has 1 saturated heterocycles.